The minimum atomic E-state index is -0.0811. The van der Waals surface area contributed by atoms with Gasteiger partial charge in [0.2, 0.25) is 5.91 Å². The fourth-order valence-corrected chi connectivity index (χ4v) is 3.30. The van der Waals surface area contributed by atoms with Gasteiger partial charge < -0.3 is 9.47 Å². The van der Waals surface area contributed by atoms with E-state index in [-0.39, 0.29) is 11.9 Å². The average molecular weight is 333 g/mol. The molecule has 1 saturated heterocycles. The highest BCUT2D eigenvalue weighted by atomic mass is 79.9. The minimum Gasteiger partial charge on any atom is -0.337 e. The lowest BCUT2D eigenvalue weighted by molar-refractivity contribution is -0.136. The monoisotopic (exact) mass is 332 g/mol. The van der Waals surface area contributed by atoms with E-state index >= 15 is 0 Å². The number of aromatic nitrogens is 1. The van der Waals surface area contributed by atoms with Crippen LogP contribution in [0.15, 0.2) is 47.6 Å². The molecule has 1 amide bonds. The smallest absolute Gasteiger partial charge is 0.245 e. The molecular weight excluding hydrogens is 316 g/mol. The number of likely N-dealkylation sites (tertiary alicyclic amines) is 1. The molecule has 1 fully saturated rings. The van der Waals surface area contributed by atoms with Crippen LogP contribution in [0.5, 0.6) is 0 Å². The van der Waals surface area contributed by atoms with Gasteiger partial charge in [-0.25, -0.2) is 0 Å². The molecule has 1 atom stereocenters. The first-order chi connectivity index (χ1) is 9.70. The van der Waals surface area contributed by atoms with Gasteiger partial charge in [-0.3, -0.25) is 4.79 Å². The van der Waals surface area contributed by atoms with Crippen molar-refractivity contribution in [1.82, 2.24) is 9.47 Å². The third-order valence-electron chi connectivity index (χ3n) is 3.87. The van der Waals surface area contributed by atoms with Crippen molar-refractivity contribution >= 4 is 32.7 Å². The van der Waals surface area contributed by atoms with E-state index in [1.165, 1.54) is 0 Å². The summed E-state index contributed by atoms with van der Waals surface area (Å²) in [5.41, 5.74) is 1.12. The molecule has 1 aliphatic rings. The number of fused-ring (bicyclic) bond motifs is 1. The topological polar surface area (TPSA) is 25.2 Å². The van der Waals surface area contributed by atoms with Crippen molar-refractivity contribution in [2.24, 2.45) is 0 Å². The lowest BCUT2D eigenvalue weighted by Crippen LogP contribution is -2.41. The van der Waals surface area contributed by atoms with Crippen molar-refractivity contribution in [3.05, 3.63) is 47.6 Å². The van der Waals surface area contributed by atoms with Crippen LogP contribution in [-0.4, -0.2) is 28.5 Å². The maximum Gasteiger partial charge on any atom is 0.245 e. The summed E-state index contributed by atoms with van der Waals surface area (Å²) in [5.74, 6) is 0.205. The van der Waals surface area contributed by atoms with Crippen molar-refractivity contribution in [3.8, 4) is 0 Å². The van der Waals surface area contributed by atoms with Crippen LogP contribution in [0.4, 0.5) is 0 Å². The molecule has 2 aromatic rings. The van der Waals surface area contributed by atoms with E-state index in [0.717, 1.165) is 34.8 Å². The molecule has 20 heavy (non-hydrogen) atoms. The predicted octanol–water partition coefficient (Wildman–Crippen LogP) is 3.75. The van der Waals surface area contributed by atoms with Crippen LogP contribution in [-0.2, 0) is 4.79 Å². The van der Waals surface area contributed by atoms with Gasteiger partial charge in [-0.1, -0.05) is 22.0 Å². The second-order valence-corrected chi connectivity index (χ2v) is 6.07. The van der Waals surface area contributed by atoms with Gasteiger partial charge in [0.15, 0.2) is 0 Å². The number of carbonyl (C=O) groups excluding carboxylic acids is 1. The number of benzene rings is 1. The first-order valence-electron chi connectivity index (χ1n) is 6.86. The maximum absolute atomic E-state index is 12.6. The molecule has 3 nitrogen and oxygen atoms in total. The summed E-state index contributed by atoms with van der Waals surface area (Å²) < 4.78 is 3.17. The summed E-state index contributed by atoms with van der Waals surface area (Å²) in [6, 6.07) is 8.16. The summed E-state index contributed by atoms with van der Waals surface area (Å²) in [5, 5.41) is 1.16. The zero-order valence-electron chi connectivity index (χ0n) is 11.3. The molecule has 1 aliphatic heterocycles. The number of piperidine rings is 1. The summed E-state index contributed by atoms with van der Waals surface area (Å²) in [6.07, 6.45) is 5.77. The van der Waals surface area contributed by atoms with Crippen molar-refractivity contribution in [1.29, 1.82) is 0 Å². The summed E-state index contributed by atoms with van der Waals surface area (Å²) in [6.45, 7) is 5.21. The number of amides is 1. The van der Waals surface area contributed by atoms with E-state index in [1.54, 1.807) is 6.08 Å². The van der Waals surface area contributed by atoms with E-state index in [0.29, 0.717) is 6.54 Å². The molecule has 1 aromatic heterocycles. The van der Waals surface area contributed by atoms with Gasteiger partial charge in [0.1, 0.15) is 6.04 Å². The SMILES string of the molecule is C=CCN1CCCC(n2ccc3cc(Br)ccc32)C1=O. The molecule has 104 valence electrons. The van der Waals surface area contributed by atoms with Gasteiger partial charge in [0.05, 0.1) is 0 Å². The van der Waals surface area contributed by atoms with Gasteiger partial charge in [0.25, 0.3) is 0 Å². The fourth-order valence-electron chi connectivity index (χ4n) is 2.92. The Morgan fingerprint density at radius 1 is 1.40 bits per heavy atom. The first kappa shape index (κ1) is 13.4. The van der Waals surface area contributed by atoms with Crippen molar-refractivity contribution in [2.45, 2.75) is 18.9 Å². The van der Waals surface area contributed by atoms with Crippen LogP contribution in [0.2, 0.25) is 0 Å². The Morgan fingerprint density at radius 2 is 2.25 bits per heavy atom. The summed E-state index contributed by atoms with van der Waals surface area (Å²) in [4.78, 5) is 14.5. The molecular formula is C16H17BrN2O. The average Bonchev–Trinajstić information content (AvgIpc) is 2.84. The number of halogens is 1. The molecule has 0 spiro atoms. The molecule has 2 heterocycles. The van der Waals surface area contributed by atoms with Crippen molar-refractivity contribution in [2.75, 3.05) is 13.1 Å². The number of hydrogen-bond donors (Lipinski definition) is 0. The highest BCUT2D eigenvalue weighted by Gasteiger charge is 2.29. The Balaban J connectivity index is 1.97. The number of rotatable bonds is 3. The van der Waals surface area contributed by atoms with Crippen LogP contribution in [0.1, 0.15) is 18.9 Å². The molecule has 0 N–H and O–H groups in total. The quantitative estimate of drug-likeness (QED) is 0.786. The minimum absolute atomic E-state index is 0.0811. The third-order valence-corrected chi connectivity index (χ3v) is 4.36. The Bertz CT molecular complexity index is 662. The zero-order valence-corrected chi connectivity index (χ0v) is 12.8. The number of carbonyl (C=O) groups is 1. The number of hydrogen-bond acceptors (Lipinski definition) is 1. The van der Waals surface area contributed by atoms with Gasteiger partial charge in [-0.15, -0.1) is 6.58 Å². The fraction of sp³-hybridized carbons (Fsp3) is 0.312. The van der Waals surface area contributed by atoms with E-state index < -0.39 is 0 Å². The largest absolute Gasteiger partial charge is 0.337 e. The van der Waals surface area contributed by atoms with E-state index in [2.05, 4.69) is 45.3 Å². The Hall–Kier alpha value is -1.55. The Labute approximate surface area is 127 Å². The van der Waals surface area contributed by atoms with Gasteiger partial charge in [0, 0.05) is 34.7 Å². The van der Waals surface area contributed by atoms with E-state index in [9.17, 15) is 4.79 Å². The van der Waals surface area contributed by atoms with E-state index in [4.69, 9.17) is 0 Å². The van der Waals surface area contributed by atoms with Gasteiger partial charge in [-0.2, -0.15) is 0 Å². The molecule has 1 unspecified atom stereocenters. The standard InChI is InChI=1S/C16H17BrN2O/c1-2-8-18-9-3-4-15(16(18)20)19-10-7-12-11-13(17)5-6-14(12)19/h2,5-7,10-11,15H,1,3-4,8-9H2. The normalized spacial score (nSPS) is 19.6. The van der Waals surface area contributed by atoms with Crippen LogP contribution in [0, 0.1) is 0 Å². The van der Waals surface area contributed by atoms with Gasteiger partial charge in [-0.05, 0) is 37.1 Å². The highest BCUT2D eigenvalue weighted by Crippen LogP contribution is 2.29. The maximum atomic E-state index is 12.6. The van der Waals surface area contributed by atoms with Crippen LogP contribution >= 0.6 is 15.9 Å². The van der Waals surface area contributed by atoms with Crippen LogP contribution in [0.3, 0.4) is 0 Å². The second-order valence-electron chi connectivity index (χ2n) is 5.16. The Morgan fingerprint density at radius 3 is 3.05 bits per heavy atom. The molecule has 4 heteroatoms. The predicted molar refractivity (Wildman–Crippen MR) is 84.7 cm³/mol. The Kier molecular flexibility index (Phi) is 3.66. The van der Waals surface area contributed by atoms with Gasteiger partial charge >= 0.3 is 0 Å². The van der Waals surface area contributed by atoms with E-state index in [1.807, 2.05) is 17.2 Å². The van der Waals surface area contributed by atoms with Crippen molar-refractivity contribution in [3.63, 3.8) is 0 Å². The van der Waals surface area contributed by atoms with Crippen molar-refractivity contribution < 1.29 is 4.79 Å². The number of nitrogens with zero attached hydrogens (tertiary/aromatic N) is 2. The molecule has 1 aromatic carbocycles. The molecule has 0 saturated carbocycles. The van der Waals surface area contributed by atoms with Crippen LogP contribution in [0.25, 0.3) is 10.9 Å². The zero-order chi connectivity index (χ0) is 14.1. The lowest BCUT2D eigenvalue weighted by atomic mass is 10.0. The molecule has 0 bridgehead atoms. The lowest BCUT2D eigenvalue weighted by Gasteiger charge is -2.32. The highest BCUT2D eigenvalue weighted by molar-refractivity contribution is 9.10. The molecule has 0 aliphatic carbocycles. The third kappa shape index (κ3) is 2.29. The van der Waals surface area contributed by atoms with Crippen LogP contribution < -0.4 is 0 Å². The first-order valence-corrected chi connectivity index (χ1v) is 7.66. The second kappa shape index (κ2) is 5.44. The molecule has 0 radical (unpaired) electrons. The summed E-state index contributed by atoms with van der Waals surface area (Å²) >= 11 is 3.48. The summed E-state index contributed by atoms with van der Waals surface area (Å²) in [7, 11) is 0. The molecule has 3 rings (SSSR count).